The first-order valence-corrected chi connectivity index (χ1v) is 12.6. The van der Waals surface area contributed by atoms with Crippen molar-refractivity contribution in [2.45, 2.75) is 97.9 Å². The molecule has 1 saturated heterocycles. The Labute approximate surface area is 182 Å². The van der Waals surface area contributed by atoms with E-state index in [0.29, 0.717) is 29.1 Å². The molecule has 0 N–H and O–H groups in total. The fraction of sp³-hybridized carbons (Fsp3) is 0.962. The van der Waals surface area contributed by atoms with Gasteiger partial charge in [0.15, 0.2) is 5.79 Å². The van der Waals surface area contributed by atoms with Gasteiger partial charge in [0, 0.05) is 18.8 Å². The zero-order valence-electron chi connectivity index (χ0n) is 19.7. The molecule has 1 aliphatic heterocycles. The summed E-state index contributed by atoms with van der Waals surface area (Å²) in [6, 6.07) is 0. The maximum atomic E-state index is 12.0. The standard InChI is InChI=1S/C26H42O4/c1-16-8-10-24(3)20-9-11-25(4)19(6-7-23(25)26(5)28-12-13-29-26)18(20)15-22(21(24)14-16)30-17(2)27/h16,18-23H,6-15H2,1-5H3/t16-,18-,19-,20-,21+,22-,23-,24+,25-/m0/s1. The fourth-order valence-electron chi connectivity index (χ4n) is 9.40. The van der Waals surface area contributed by atoms with Gasteiger partial charge in [-0.05, 0) is 86.4 Å². The van der Waals surface area contributed by atoms with Gasteiger partial charge in [0.05, 0.1) is 13.2 Å². The van der Waals surface area contributed by atoms with Crippen molar-refractivity contribution in [3.8, 4) is 0 Å². The minimum absolute atomic E-state index is 0.0952. The van der Waals surface area contributed by atoms with Gasteiger partial charge in [-0.3, -0.25) is 4.79 Å². The summed E-state index contributed by atoms with van der Waals surface area (Å²) in [4.78, 5) is 12.0. The van der Waals surface area contributed by atoms with Gasteiger partial charge in [-0.15, -0.1) is 0 Å². The second-order valence-electron chi connectivity index (χ2n) is 12.1. The van der Waals surface area contributed by atoms with Gasteiger partial charge >= 0.3 is 5.97 Å². The van der Waals surface area contributed by atoms with Gasteiger partial charge in [-0.2, -0.15) is 0 Å². The summed E-state index contributed by atoms with van der Waals surface area (Å²) in [5.41, 5.74) is 0.589. The molecule has 170 valence electrons. The summed E-state index contributed by atoms with van der Waals surface area (Å²) in [7, 11) is 0. The van der Waals surface area contributed by atoms with Crippen molar-refractivity contribution < 1.29 is 19.0 Å². The van der Waals surface area contributed by atoms with Crippen LogP contribution in [0, 0.1) is 46.3 Å². The predicted molar refractivity (Wildman–Crippen MR) is 116 cm³/mol. The Bertz CT molecular complexity index is 685. The van der Waals surface area contributed by atoms with Crippen molar-refractivity contribution in [2.75, 3.05) is 13.2 Å². The lowest BCUT2D eigenvalue weighted by atomic mass is 9.43. The minimum atomic E-state index is -0.410. The molecule has 0 aromatic heterocycles. The highest BCUT2D eigenvalue weighted by Crippen LogP contribution is 2.69. The Morgan fingerprint density at radius 2 is 1.53 bits per heavy atom. The Morgan fingerprint density at radius 1 is 0.867 bits per heavy atom. The number of carbonyl (C=O) groups is 1. The monoisotopic (exact) mass is 418 g/mol. The number of esters is 1. The van der Waals surface area contributed by atoms with E-state index in [2.05, 4.69) is 27.7 Å². The lowest BCUT2D eigenvalue weighted by molar-refractivity contribution is -0.224. The van der Waals surface area contributed by atoms with E-state index in [9.17, 15) is 4.79 Å². The van der Waals surface area contributed by atoms with Gasteiger partial charge in [-0.25, -0.2) is 0 Å². The van der Waals surface area contributed by atoms with E-state index in [-0.39, 0.29) is 17.5 Å². The second-order valence-corrected chi connectivity index (χ2v) is 12.1. The quantitative estimate of drug-likeness (QED) is 0.549. The fourth-order valence-corrected chi connectivity index (χ4v) is 9.40. The number of hydrogen-bond donors (Lipinski definition) is 0. The van der Waals surface area contributed by atoms with E-state index in [1.807, 2.05) is 0 Å². The summed E-state index contributed by atoms with van der Waals surface area (Å²) in [6.07, 6.45) is 10.1. The molecule has 30 heavy (non-hydrogen) atoms. The van der Waals surface area contributed by atoms with E-state index < -0.39 is 5.79 Å². The molecule has 5 fully saturated rings. The molecule has 4 aliphatic carbocycles. The van der Waals surface area contributed by atoms with Crippen molar-refractivity contribution in [1.82, 2.24) is 0 Å². The Morgan fingerprint density at radius 3 is 2.23 bits per heavy atom. The van der Waals surface area contributed by atoms with E-state index >= 15 is 0 Å². The molecule has 1 heterocycles. The second kappa shape index (κ2) is 7.20. The first-order valence-electron chi connectivity index (χ1n) is 12.6. The van der Waals surface area contributed by atoms with Crippen molar-refractivity contribution >= 4 is 5.97 Å². The third-order valence-corrected chi connectivity index (χ3v) is 10.7. The lowest BCUT2D eigenvalue weighted by Crippen LogP contribution is -2.59. The number of ether oxygens (including phenoxy) is 3. The van der Waals surface area contributed by atoms with Crippen LogP contribution in [0.1, 0.15) is 86.0 Å². The normalized spacial score (nSPS) is 52.2. The van der Waals surface area contributed by atoms with E-state index in [1.54, 1.807) is 6.92 Å². The van der Waals surface area contributed by atoms with E-state index in [1.165, 1.54) is 44.9 Å². The van der Waals surface area contributed by atoms with E-state index in [4.69, 9.17) is 14.2 Å². The predicted octanol–water partition coefficient (Wildman–Crippen LogP) is 5.59. The van der Waals surface area contributed by atoms with Crippen LogP contribution in [0.4, 0.5) is 0 Å². The molecule has 4 nitrogen and oxygen atoms in total. The largest absolute Gasteiger partial charge is 0.462 e. The van der Waals surface area contributed by atoms with Crippen LogP contribution in [0.2, 0.25) is 0 Å². The van der Waals surface area contributed by atoms with Crippen molar-refractivity contribution in [2.24, 2.45) is 46.3 Å². The average molecular weight is 419 g/mol. The molecule has 0 amide bonds. The summed E-state index contributed by atoms with van der Waals surface area (Å²) in [5, 5.41) is 0. The number of hydrogen-bond acceptors (Lipinski definition) is 4. The zero-order valence-corrected chi connectivity index (χ0v) is 19.7. The highest BCUT2D eigenvalue weighted by Gasteiger charge is 2.65. The van der Waals surface area contributed by atoms with Crippen LogP contribution >= 0.6 is 0 Å². The highest BCUT2D eigenvalue weighted by atomic mass is 16.7. The first-order chi connectivity index (χ1) is 14.2. The topological polar surface area (TPSA) is 44.8 Å². The summed E-state index contributed by atoms with van der Waals surface area (Å²) >= 11 is 0. The Kier molecular flexibility index (Phi) is 5.10. The lowest BCUT2D eigenvalue weighted by Gasteiger charge is -2.63. The van der Waals surface area contributed by atoms with Crippen molar-refractivity contribution in [3.63, 3.8) is 0 Å². The maximum Gasteiger partial charge on any atom is 0.302 e. The third-order valence-electron chi connectivity index (χ3n) is 10.7. The molecule has 0 radical (unpaired) electrons. The smallest absolute Gasteiger partial charge is 0.302 e. The van der Waals surface area contributed by atoms with Crippen LogP contribution in [0.15, 0.2) is 0 Å². The van der Waals surface area contributed by atoms with Crippen LogP contribution in [-0.4, -0.2) is 31.1 Å². The zero-order chi connectivity index (χ0) is 21.3. The number of fused-ring (bicyclic) bond motifs is 5. The third kappa shape index (κ3) is 3.03. The van der Waals surface area contributed by atoms with E-state index in [0.717, 1.165) is 31.5 Å². The molecule has 5 aliphatic rings. The molecule has 9 atom stereocenters. The molecule has 4 heteroatoms. The van der Waals surface area contributed by atoms with Gasteiger partial charge in [-0.1, -0.05) is 27.2 Å². The molecule has 5 rings (SSSR count). The molecular formula is C26H42O4. The van der Waals surface area contributed by atoms with Crippen LogP contribution in [0.25, 0.3) is 0 Å². The highest BCUT2D eigenvalue weighted by molar-refractivity contribution is 5.66. The average Bonchev–Trinajstić information content (AvgIpc) is 3.26. The molecular weight excluding hydrogens is 376 g/mol. The molecule has 0 bridgehead atoms. The van der Waals surface area contributed by atoms with Gasteiger partial charge < -0.3 is 14.2 Å². The van der Waals surface area contributed by atoms with Crippen LogP contribution < -0.4 is 0 Å². The van der Waals surface area contributed by atoms with Crippen LogP contribution in [0.3, 0.4) is 0 Å². The van der Waals surface area contributed by atoms with Crippen molar-refractivity contribution in [3.05, 3.63) is 0 Å². The molecule has 0 unspecified atom stereocenters. The van der Waals surface area contributed by atoms with Gasteiger partial charge in [0.25, 0.3) is 0 Å². The SMILES string of the molecule is CC(=O)O[C@H]1C[C@@H]2[C@H](CC[C@]3(C)[C@@H](C4(C)OCCO4)CC[C@@H]23)[C@@]2(C)CC[C@H](C)C[C@H]12. The summed E-state index contributed by atoms with van der Waals surface area (Å²) in [5.74, 6) is 3.39. The molecule has 0 aromatic carbocycles. The molecule has 0 aromatic rings. The summed E-state index contributed by atoms with van der Waals surface area (Å²) in [6.45, 7) is 12.7. The Hall–Kier alpha value is -0.610. The Balaban J connectivity index is 1.46. The molecule has 0 spiro atoms. The maximum absolute atomic E-state index is 12.0. The molecule has 4 saturated carbocycles. The van der Waals surface area contributed by atoms with Crippen LogP contribution in [0.5, 0.6) is 0 Å². The minimum Gasteiger partial charge on any atom is -0.462 e. The summed E-state index contributed by atoms with van der Waals surface area (Å²) < 4.78 is 18.4. The first kappa shape index (κ1) is 21.2. The van der Waals surface area contributed by atoms with Gasteiger partial charge in [0.2, 0.25) is 0 Å². The van der Waals surface area contributed by atoms with Gasteiger partial charge in [0.1, 0.15) is 6.10 Å². The number of carbonyl (C=O) groups excluding carboxylic acids is 1. The van der Waals surface area contributed by atoms with Crippen molar-refractivity contribution in [1.29, 1.82) is 0 Å². The van der Waals surface area contributed by atoms with Crippen LogP contribution in [-0.2, 0) is 19.0 Å². The number of rotatable bonds is 2.